The van der Waals surface area contributed by atoms with Crippen LogP contribution in [0.5, 0.6) is 0 Å². The topological polar surface area (TPSA) is 74.0 Å². The molecule has 1 unspecified atom stereocenters. The highest BCUT2D eigenvalue weighted by atomic mass is 16.3. The van der Waals surface area contributed by atoms with E-state index in [2.05, 4.69) is 25.9 Å². The summed E-state index contributed by atoms with van der Waals surface area (Å²) in [5, 5.41) is 9.03. The first kappa shape index (κ1) is 9.57. The van der Waals surface area contributed by atoms with Gasteiger partial charge in [-0.25, -0.2) is 9.98 Å². The van der Waals surface area contributed by atoms with E-state index in [4.69, 9.17) is 4.42 Å². The van der Waals surface area contributed by atoms with E-state index >= 15 is 0 Å². The van der Waals surface area contributed by atoms with Crippen molar-refractivity contribution in [2.24, 2.45) is 9.98 Å². The van der Waals surface area contributed by atoms with Gasteiger partial charge in [0, 0.05) is 7.05 Å². The first-order valence-corrected chi connectivity index (χ1v) is 4.67. The van der Waals surface area contributed by atoms with E-state index in [1.807, 2.05) is 13.0 Å². The quantitative estimate of drug-likeness (QED) is 0.629. The molecule has 0 radical (unpaired) electrons. The van der Waals surface area contributed by atoms with Crippen molar-refractivity contribution in [3.05, 3.63) is 18.6 Å². The van der Waals surface area contributed by atoms with Gasteiger partial charge in [0.1, 0.15) is 12.4 Å². The van der Waals surface area contributed by atoms with E-state index in [-0.39, 0.29) is 6.17 Å². The van der Waals surface area contributed by atoms with Crippen molar-refractivity contribution in [3.63, 3.8) is 0 Å². The first-order valence-electron chi connectivity index (χ1n) is 4.67. The number of nitrogens with one attached hydrogen (secondary N) is 3. The molecule has 0 fully saturated rings. The molecule has 6 nitrogen and oxygen atoms in total. The predicted octanol–water partition coefficient (Wildman–Crippen LogP) is 0.572. The fourth-order valence-corrected chi connectivity index (χ4v) is 1.24. The summed E-state index contributed by atoms with van der Waals surface area (Å²) in [5.74, 6) is 1.35. The molecule has 1 aromatic heterocycles. The van der Waals surface area contributed by atoms with Crippen LogP contribution in [0.2, 0.25) is 0 Å². The molecule has 15 heavy (non-hydrogen) atoms. The first-order chi connectivity index (χ1) is 7.28. The Balaban J connectivity index is 2.05. The highest BCUT2D eigenvalue weighted by Gasteiger charge is 2.12. The lowest BCUT2D eigenvalue weighted by molar-refractivity contribution is 0.568. The van der Waals surface area contributed by atoms with Gasteiger partial charge in [0.2, 0.25) is 5.96 Å². The van der Waals surface area contributed by atoms with Gasteiger partial charge in [0.15, 0.2) is 5.96 Å². The largest absolute Gasteiger partial charge is 0.470 e. The lowest BCUT2D eigenvalue weighted by atomic mass is 10.5. The Morgan fingerprint density at radius 3 is 2.87 bits per heavy atom. The van der Waals surface area contributed by atoms with E-state index in [9.17, 15) is 0 Å². The Bertz CT molecular complexity index is 381. The average Bonchev–Trinajstić information content (AvgIpc) is 2.69. The molecule has 0 aliphatic carbocycles. The molecule has 2 rings (SSSR count). The van der Waals surface area contributed by atoms with Crippen LogP contribution in [0.3, 0.4) is 0 Å². The van der Waals surface area contributed by atoms with Gasteiger partial charge in [-0.3, -0.25) is 5.32 Å². The third-order valence-electron chi connectivity index (χ3n) is 1.89. The number of hydrogen-bond donors (Lipinski definition) is 3. The second kappa shape index (κ2) is 4.04. The van der Waals surface area contributed by atoms with E-state index in [0.29, 0.717) is 11.9 Å². The van der Waals surface area contributed by atoms with Crippen LogP contribution in [0.15, 0.2) is 33.0 Å². The van der Waals surface area contributed by atoms with Gasteiger partial charge in [-0.05, 0) is 13.0 Å². The second-order valence-corrected chi connectivity index (χ2v) is 3.10. The van der Waals surface area contributed by atoms with Gasteiger partial charge in [-0.15, -0.1) is 0 Å². The Kier molecular flexibility index (Phi) is 2.57. The summed E-state index contributed by atoms with van der Waals surface area (Å²) in [5.41, 5.74) is 0.853. The number of furan rings is 1. The molecule has 0 amide bonds. The van der Waals surface area contributed by atoms with Gasteiger partial charge in [0.05, 0.1) is 12.0 Å². The molecule has 0 aromatic carbocycles. The van der Waals surface area contributed by atoms with Crippen LogP contribution in [0.25, 0.3) is 0 Å². The van der Waals surface area contributed by atoms with Crippen LogP contribution >= 0.6 is 0 Å². The molecule has 0 saturated carbocycles. The van der Waals surface area contributed by atoms with Gasteiger partial charge in [-0.2, -0.15) is 0 Å². The fraction of sp³-hybridized carbons (Fsp3) is 0.333. The molecule has 80 valence electrons. The zero-order chi connectivity index (χ0) is 10.7. The smallest absolute Gasteiger partial charge is 0.204 e. The number of nitrogens with zero attached hydrogens (tertiary/aromatic N) is 2. The molecule has 0 bridgehead atoms. The summed E-state index contributed by atoms with van der Waals surface area (Å²) in [7, 11) is 1.80. The van der Waals surface area contributed by atoms with Crippen molar-refractivity contribution < 1.29 is 4.42 Å². The summed E-state index contributed by atoms with van der Waals surface area (Å²) in [6, 6.07) is 1.82. The summed E-state index contributed by atoms with van der Waals surface area (Å²) >= 11 is 0. The molecule has 1 aromatic rings. The van der Waals surface area contributed by atoms with Gasteiger partial charge in [0.25, 0.3) is 0 Å². The van der Waals surface area contributed by atoms with Crippen LogP contribution in [-0.4, -0.2) is 25.1 Å². The van der Waals surface area contributed by atoms with Crippen LogP contribution in [0.1, 0.15) is 6.92 Å². The van der Waals surface area contributed by atoms with Crippen LogP contribution < -0.4 is 16.0 Å². The highest BCUT2D eigenvalue weighted by Crippen LogP contribution is 2.07. The maximum absolute atomic E-state index is 4.94. The summed E-state index contributed by atoms with van der Waals surface area (Å²) in [4.78, 5) is 8.50. The van der Waals surface area contributed by atoms with Crippen LogP contribution in [-0.2, 0) is 0 Å². The molecule has 1 aliphatic rings. The van der Waals surface area contributed by atoms with Gasteiger partial charge < -0.3 is 15.1 Å². The van der Waals surface area contributed by atoms with E-state index < -0.39 is 0 Å². The minimum Gasteiger partial charge on any atom is -0.470 e. The Morgan fingerprint density at radius 1 is 1.40 bits per heavy atom. The van der Waals surface area contributed by atoms with Crippen LogP contribution in [0.4, 0.5) is 5.69 Å². The molecule has 1 atom stereocenters. The van der Waals surface area contributed by atoms with Crippen molar-refractivity contribution in [2.45, 2.75) is 13.1 Å². The van der Waals surface area contributed by atoms with Gasteiger partial charge >= 0.3 is 0 Å². The molecular weight excluding hydrogens is 194 g/mol. The molecular formula is C9H13N5O. The predicted molar refractivity (Wildman–Crippen MR) is 58.9 cm³/mol. The van der Waals surface area contributed by atoms with Crippen LogP contribution in [0, 0.1) is 0 Å². The maximum Gasteiger partial charge on any atom is 0.204 e. The monoisotopic (exact) mass is 207 g/mol. The minimum absolute atomic E-state index is 0.0944. The number of rotatable bonds is 1. The zero-order valence-corrected chi connectivity index (χ0v) is 8.61. The molecule has 1 aliphatic heterocycles. The van der Waals surface area contributed by atoms with Crippen molar-refractivity contribution in [3.8, 4) is 0 Å². The van der Waals surface area contributed by atoms with Crippen molar-refractivity contribution >= 4 is 17.6 Å². The third-order valence-corrected chi connectivity index (χ3v) is 1.89. The van der Waals surface area contributed by atoms with Crippen molar-refractivity contribution in [2.75, 3.05) is 12.4 Å². The summed E-state index contributed by atoms with van der Waals surface area (Å²) in [6.07, 6.45) is 3.12. The van der Waals surface area contributed by atoms with Gasteiger partial charge in [-0.1, -0.05) is 0 Å². The average molecular weight is 207 g/mol. The minimum atomic E-state index is -0.0944. The van der Waals surface area contributed by atoms with E-state index in [1.165, 1.54) is 0 Å². The molecule has 3 N–H and O–H groups in total. The normalized spacial score (nSPS) is 20.0. The molecule has 0 spiro atoms. The van der Waals surface area contributed by atoms with E-state index in [1.54, 1.807) is 19.6 Å². The third kappa shape index (κ3) is 2.28. The Labute approximate surface area is 87.5 Å². The molecule has 2 heterocycles. The highest BCUT2D eigenvalue weighted by molar-refractivity contribution is 6.06. The lowest BCUT2D eigenvalue weighted by Gasteiger charge is -2.19. The Morgan fingerprint density at radius 2 is 2.20 bits per heavy atom. The summed E-state index contributed by atoms with van der Waals surface area (Å²) < 4.78 is 4.94. The maximum atomic E-state index is 4.94. The standard InChI is InChI=1S/C9H13N5O/c1-6-11-8(10-2)14-9(12-6)13-7-3-4-15-5-7/h3-6H,1-2H3,(H3,10,11,12,13,14). The number of guanidine groups is 2. The van der Waals surface area contributed by atoms with Crippen molar-refractivity contribution in [1.82, 2.24) is 10.6 Å². The fourth-order valence-electron chi connectivity index (χ4n) is 1.24. The number of anilines is 1. The number of aliphatic imine (C=N–C) groups is 2. The molecule has 0 saturated heterocycles. The lowest BCUT2D eigenvalue weighted by Crippen LogP contribution is -2.46. The van der Waals surface area contributed by atoms with Crippen molar-refractivity contribution in [1.29, 1.82) is 0 Å². The molecule has 6 heteroatoms. The Hall–Kier alpha value is -1.98. The summed E-state index contributed by atoms with van der Waals surface area (Å²) in [6.45, 7) is 1.91. The number of hydrogen-bond acceptors (Lipinski definition) is 6. The second-order valence-electron chi connectivity index (χ2n) is 3.10. The SMILES string of the molecule is CNC1=NC(C)N=C(Nc2ccoc2)N1. The van der Waals surface area contributed by atoms with E-state index in [0.717, 1.165) is 5.69 Å². The zero-order valence-electron chi connectivity index (χ0n) is 8.61.